The largest absolute Gasteiger partial charge is 0.376 e. The minimum absolute atomic E-state index is 0.0176. The van der Waals surface area contributed by atoms with Gasteiger partial charge in [0, 0.05) is 50.1 Å². The molecule has 0 unspecified atom stereocenters. The molecule has 2 aromatic rings. The SMILES string of the molecule is C[C@@H](Nc1cc(N2CCN(C(=O)/C=C/c3ccccc3)CC2)ccc1[N+](=O)[O-])C12CC3CC(CC(C3)C1)C2. The number of piperazine rings is 1. The molecule has 4 aliphatic carbocycles. The van der Waals surface area contributed by atoms with Crippen LogP contribution >= 0.6 is 0 Å². The number of rotatable bonds is 7. The van der Waals surface area contributed by atoms with Gasteiger partial charge < -0.3 is 15.1 Å². The van der Waals surface area contributed by atoms with Gasteiger partial charge in [0.15, 0.2) is 0 Å². The molecule has 0 spiro atoms. The molecule has 2 aromatic carbocycles. The molecule has 200 valence electrons. The summed E-state index contributed by atoms with van der Waals surface area (Å²) in [4.78, 5) is 28.5. The van der Waals surface area contributed by atoms with E-state index in [2.05, 4.69) is 17.1 Å². The fourth-order valence-corrected chi connectivity index (χ4v) is 8.11. The zero-order valence-corrected chi connectivity index (χ0v) is 22.2. The average Bonchev–Trinajstić information content (AvgIpc) is 2.91. The van der Waals surface area contributed by atoms with Crippen LogP contribution in [0.25, 0.3) is 6.08 Å². The Balaban J connectivity index is 1.13. The third kappa shape index (κ3) is 4.91. The van der Waals surface area contributed by atoms with E-state index < -0.39 is 0 Å². The predicted octanol–water partition coefficient (Wildman–Crippen LogP) is 5.97. The molecule has 0 aromatic heterocycles. The lowest BCUT2D eigenvalue weighted by molar-refractivity contribution is -0.384. The highest BCUT2D eigenvalue weighted by Gasteiger charge is 2.53. The first-order valence-corrected chi connectivity index (χ1v) is 14.2. The Kier molecular flexibility index (Phi) is 6.62. The van der Waals surface area contributed by atoms with Crippen molar-refractivity contribution < 1.29 is 9.72 Å². The molecule has 7 rings (SSSR count). The zero-order chi connectivity index (χ0) is 26.3. The Labute approximate surface area is 225 Å². The van der Waals surface area contributed by atoms with Crippen molar-refractivity contribution in [3.05, 3.63) is 70.3 Å². The van der Waals surface area contributed by atoms with Gasteiger partial charge in [-0.25, -0.2) is 0 Å². The molecule has 7 heteroatoms. The van der Waals surface area contributed by atoms with Crippen LogP contribution in [-0.2, 0) is 4.79 Å². The number of anilines is 2. The van der Waals surface area contributed by atoms with Crippen LogP contribution < -0.4 is 10.2 Å². The van der Waals surface area contributed by atoms with Crippen molar-refractivity contribution in [2.24, 2.45) is 23.2 Å². The van der Waals surface area contributed by atoms with Crippen molar-refractivity contribution in [2.45, 2.75) is 51.5 Å². The summed E-state index contributed by atoms with van der Waals surface area (Å²) in [5.74, 6) is 2.54. The highest BCUT2D eigenvalue weighted by molar-refractivity contribution is 5.92. The van der Waals surface area contributed by atoms with Crippen LogP contribution in [0.15, 0.2) is 54.6 Å². The molecule has 5 fully saturated rings. The van der Waals surface area contributed by atoms with Gasteiger partial charge in [-0.2, -0.15) is 0 Å². The van der Waals surface area contributed by atoms with Crippen molar-refractivity contribution in [3.8, 4) is 0 Å². The highest BCUT2D eigenvalue weighted by atomic mass is 16.6. The average molecular weight is 515 g/mol. The number of hydrogen-bond donors (Lipinski definition) is 1. The number of nitrogens with one attached hydrogen (secondary N) is 1. The topological polar surface area (TPSA) is 78.7 Å². The van der Waals surface area contributed by atoms with Gasteiger partial charge in [-0.3, -0.25) is 14.9 Å². The van der Waals surface area contributed by atoms with Gasteiger partial charge in [-0.05, 0) is 92.4 Å². The summed E-state index contributed by atoms with van der Waals surface area (Å²) in [6.45, 7) is 4.90. The van der Waals surface area contributed by atoms with Crippen LogP contribution in [-0.4, -0.2) is 48.0 Å². The van der Waals surface area contributed by atoms with Crippen LogP contribution in [0.1, 0.15) is 51.0 Å². The van der Waals surface area contributed by atoms with Crippen molar-refractivity contribution in [2.75, 3.05) is 36.4 Å². The third-order valence-corrected chi connectivity index (χ3v) is 9.73. The van der Waals surface area contributed by atoms with Gasteiger partial charge in [0.2, 0.25) is 5.91 Å². The number of carbonyl (C=O) groups is 1. The highest BCUT2D eigenvalue weighted by Crippen LogP contribution is 2.61. The van der Waals surface area contributed by atoms with Crippen molar-refractivity contribution in [1.82, 2.24) is 4.90 Å². The minimum atomic E-state index is -0.270. The van der Waals surface area contributed by atoms with E-state index in [1.165, 1.54) is 38.5 Å². The van der Waals surface area contributed by atoms with Crippen LogP contribution in [0.5, 0.6) is 0 Å². The first kappa shape index (κ1) is 25.0. The van der Waals surface area contributed by atoms with E-state index in [0.717, 1.165) is 29.0 Å². The standard InChI is InChI=1S/C31H38N4O3/c1-22(31-19-24-15-25(20-31)17-26(16-24)21-31)32-28-18-27(8-9-29(28)35(37)38)33-11-13-34(14-12-33)30(36)10-7-23-5-3-2-4-6-23/h2-10,18,22,24-26,32H,11-17,19-21H2,1H3/b10-7+/t22-,24?,25?,26?,31?/m1/s1. The summed E-state index contributed by atoms with van der Waals surface area (Å²) in [5.41, 5.74) is 3.01. The molecular weight excluding hydrogens is 476 g/mol. The number of benzene rings is 2. The lowest BCUT2D eigenvalue weighted by Crippen LogP contribution is -2.53. The summed E-state index contributed by atoms with van der Waals surface area (Å²) in [5, 5.41) is 15.6. The molecule has 0 radical (unpaired) electrons. The van der Waals surface area contributed by atoms with E-state index >= 15 is 0 Å². The van der Waals surface area contributed by atoms with E-state index in [1.807, 2.05) is 53.4 Å². The third-order valence-electron chi connectivity index (χ3n) is 9.73. The molecule has 1 atom stereocenters. The second kappa shape index (κ2) is 10.1. The fraction of sp³-hybridized carbons (Fsp3) is 0.516. The van der Waals surface area contributed by atoms with Crippen molar-refractivity contribution in [1.29, 1.82) is 0 Å². The first-order valence-electron chi connectivity index (χ1n) is 14.2. The van der Waals surface area contributed by atoms with Gasteiger partial charge in [0.05, 0.1) is 4.92 Å². The number of carbonyl (C=O) groups excluding carboxylic acids is 1. The Bertz CT molecular complexity index is 1180. The molecule has 38 heavy (non-hydrogen) atoms. The van der Waals surface area contributed by atoms with Gasteiger partial charge in [0.25, 0.3) is 5.69 Å². The molecule has 5 aliphatic rings. The van der Waals surface area contributed by atoms with Crippen LogP contribution in [0.2, 0.25) is 0 Å². The first-order chi connectivity index (χ1) is 18.4. The quantitative estimate of drug-likeness (QED) is 0.280. The molecule has 1 aliphatic heterocycles. The molecule has 1 N–H and O–H groups in total. The Morgan fingerprint density at radius 3 is 2.24 bits per heavy atom. The summed E-state index contributed by atoms with van der Waals surface area (Å²) in [6, 6.07) is 15.5. The Morgan fingerprint density at radius 1 is 1.00 bits per heavy atom. The number of hydrogen-bond acceptors (Lipinski definition) is 5. The van der Waals surface area contributed by atoms with Gasteiger partial charge in [0.1, 0.15) is 5.69 Å². The Morgan fingerprint density at radius 2 is 1.63 bits per heavy atom. The van der Waals surface area contributed by atoms with Crippen molar-refractivity contribution in [3.63, 3.8) is 0 Å². The summed E-state index contributed by atoms with van der Waals surface area (Å²) < 4.78 is 0. The van der Waals surface area contributed by atoms with Gasteiger partial charge >= 0.3 is 0 Å². The molecule has 7 nitrogen and oxygen atoms in total. The van der Waals surface area contributed by atoms with Crippen LogP contribution in [0.4, 0.5) is 17.1 Å². The Hall–Kier alpha value is -3.35. The smallest absolute Gasteiger partial charge is 0.292 e. The second-order valence-corrected chi connectivity index (χ2v) is 12.2. The van der Waals surface area contributed by atoms with Crippen molar-refractivity contribution >= 4 is 29.0 Å². The number of amides is 1. The fourth-order valence-electron chi connectivity index (χ4n) is 8.11. The van der Waals surface area contributed by atoms with E-state index in [9.17, 15) is 14.9 Å². The number of nitro benzene ring substituents is 1. The minimum Gasteiger partial charge on any atom is -0.376 e. The number of nitrogens with zero attached hydrogens (tertiary/aromatic N) is 3. The van der Waals surface area contributed by atoms with E-state index in [4.69, 9.17) is 0 Å². The maximum atomic E-state index is 12.7. The number of nitro groups is 1. The molecule has 4 bridgehead atoms. The maximum absolute atomic E-state index is 12.7. The van der Waals surface area contributed by atoms with E-state index in [-0.39, 0.29) is 28.0 Å². The summed E-state index contributed by atoms with van der Waals surface area (Å²) in [6.07, 6.45) is 11.4. The van der Waals surface area contributed by atoms with E-state index in [0.29, 0.717) is 31.9 Å². The van der Waals surface area contributed by atoms with Crippen LogP contribution in [0, 0.1) is 33.3 Å². The van der Waals surface area contributed by atoms with E-state index in [1.54, 1.807) is 12.1 Å². The monoisotopic (exact) mass is 514 g/mol. The molecule has 1 amide bonds. The van der Waals surface area contributed by atoms with Gasteiger partial charge in [-0.1, -0.05) is 30.3 Å². The molecule has 4 saturated carbocycles. The lowest BCUT2D eigenvalue weighted by Gasteiger charge is -2.59. The summed E-state index contributed by atoms with van der Waals surface area (Å²) in [7, 11) is 0. The molecule has 1 heterocycles. The van der Waals surface area contributed by atoms with Crippen LogP contribution in [0.3, 0.4) is 0 Å². The zero-order valence-electron chi connectivity index (χ0n) is 22.2. The second-order valence-electron chi connectivity index (χ2n) is 12.2. The van der Waals surface area contributed by atoms with Gasteiger partial charge in [-0.15, -0.1) is 0 Å². The molecule has 1 saturated heterocycles. The molecular formula is C31H38N4O3. The maximum Gasteiger partial charge on any atom is 0.292 e. The normalized spacial score (nSPS) is 29.0. The summed E-state index contributed by atoms with van der Waals surface area (Å²) >= 11 is 0. The lowest BCUT2D eigenvalue weighted by atomic mass is 9.48. The predicted molar refractivity (Wildman–Crippen MR) is 151 cm³/mol.